The Balaban J connectivity index is 3.70. The first-order chi connectivity index (χ1) is 7.26. The summed E-state index contributed by atoms with van der Waals surface area (Å²) < 4.78 is 0. The standard InChI is InChI=1S/C12H26N2O/c1-3-10-14(11-4-2)12(15)8-6-5-7-9-13/h3-11,13H2,1-2H3. The molecule has 0 aromatic rings. The lowest BCUT2D eigenvalue weighted by Gasteiger charge is -2.21. The van der Waals surface area contributed by atoms with E-state index in [-0.39, 0.29) is 0 Å². The molecule has 3 heteroatoms. The van der Waals surface area contributed by atoms with Crippen molar-refractivity contribution in [2.24, 2.45) is 5.73 Å². The molecule has 0 radical (unpaired) electrons. The predicted molar refractivity (Wildman–Crippen MR) is 64.7 cm³/mol. The summed E-state index contributed by atoms with van der Waals surface area (Å²) in [6.45, 7) is 6.78. The second-order valence-corrected chi connectivity index (χ2v) is 3.98. The van der Waals surface area contributed by atoms with Crippen LogP contribution in [0.1, 0.15) is 52.4 Å². The van der Waals surface area contributed by atoms with Crippen molar-refractivity contribution in [3.8, 4) is 0 Å². The Bertz CT molecular complexity index is 154. The molecule has 0 saturated carbocycles. The van der Waals surface area contributed by atoms with Crippen molar-refractivity contribution in [3.05, 3.63) is 0 Å². The molecule has 0 spiro atoms. The van der Waals surface area contributed by atoms with E-state index in [0.29, 0.717) is 12.3 Å². The minimum atomic E-state index is 0.315. The molecule has 1 amide bonds. The van der Waals surface area contributed by atoms with E-state index in [1.54, 1.807) is 0 Å². The molecule has 0 atom stereocenters. The van der Waals surface area contributed by atoms with Crippen LogP contribution in [0.2, 0.25) is 0 Å². The third kappa shape index (κ3) is 7.37. The lowest BCUT2D eigenvalue weighted by Crippen LogP contribution is -2.32. The van der Waals surface area contributed by atoms with Crippen molar-refractivity contribution in [1.29, 1.82) is 0 Å². The van der Waals surface area contributed by atoms with Crippen molar-refractivity contribution in [3.63, 3.8) is 0 Å². The maximum Gasteiger partial charge on any atom is 0.222 e. The highest BCUT2D eigenvalue weighted by Crippen LogP contribution is 2.04. The third-order valence-electron chi connectivity index (χ3n) is 2.43. The van der Waals surface area contributed by atoms with Gasteiger partial charge in [-0.05, 0) is 32.2 Å². The van der Waals surface area contributed by atoms with Crippen molar-refractivity contribution in [1.82, 2.24) is 4.90 Å². The Morgan fingerprint density at radius 2 is 1.67 bits per heavy atom. The molecule has 0 bridgehead atoms. The van der Waals surface area contributed by atoms with Crippen LogP contribution in [0.5, 0.6) is 0 Å². The number of carbonyl (C=O) groups excluding carboxylic acids is 1. The minimum absolute atomic E-state index is 0.315. The minimum Gasteiger partial charge on any atom is -0.343 e. The van der Waals surface area contributed by atoms with Crippen LogP contribution < -0.4 is 5.73 Å². The quantitative estimate of drug-likeness (QED) is 0.598. The number of hydrogen-bond acceptors (Lipinski definition) is 2. The van der Waals surface area contributed by atoms with Crippen LogP contribution in [0.15, 0.2) is 0 Å². The van der Waals surface area contributed by atoms with Crippen LogP contribution >= 0.6 is 0 Å². The molecule has 0 aromatic heterocycles. The van der Waals surface area contributed by atoms with Gasteiger partial charge in [0.05, 0.1) is 0 Å². The van der Waals surface area contributed by atoms with Gasteiger partial charge in [0.1, 0.15) is 0 Å². The van der Waals surface area contributed by atoms with E-state index in [0.717, 1.165) is 51.7 Å². The fourth-order valence-electron chi connectivity index (χ4n) is 1.66. The van der Waals surface area contributed by atoms with Crippen LogP contribution in [-0.4, -0.2) is 30.4 Å². The van der Waals surface area contributed by atoms with E-state index in [1.165, 1.54) is 0 Å². The average molecular weight is 214 g/mol. The smallest absolute Gasteiger partial charge is 0.222 e. The summed E-state index contributed by atoms with van der Waals surface area (Å²) >= 11 is 0. The van der Waals surface area contributed by atoms with Gasteiger partial charge in [-0.1, -0.05) is 20.3 Å². The Hall–Kier alpha value is -0.570. The molecule has 0 aliphatic carbocycles. The molecular formula is C12H26N2O. The van der Waals surface area contributed by atoms with Gasteiger partial charge in [-0.2, -0.15) is 0 Å². The first kappa shape index (κ1) is 14.4. The summed E-state index contributed by atoms with van der Waals surface area (Å²) in [5.74, 6) is 0.315. The number of hydrogen-bond donors (Lipinski definition) is 1. The van der Waals surface area contributed by atoms with Gasteiger partial charge in [0.2, 0.25) is 5.91 Å². The number of carbonyl (C=O) groups is 1. The highest BCUT2D eigenvalue weighted by atomic mass is 16.2. The average Bonchev–Trinajstić information content (AvgIpc) is 2.24. The molecule has 0 unspecified atom stereocenters. The molecule has 0 aliphatic rings. The van der Waals surface area contributed by atoms with Gasteiger partial charge in [-0.15, -0.1) is 0 Å². The topological polar surface area (TPSA) is 46.3 Å². The van der Waals surface area contributed by atoms with Gasteiger partial charge in [-0.3, -0.25) is 4.79 Å². The zero-order chi connectivity index (χ0) is 11.5. The molecule has 15 heavy (non-hydrogen) atoms. The number of unbranched alkanes of at least 4 members (excludes halogenated alkanes) is 2. The zero-order valence-electron chi connectivity index (χ0n) is 10.3. The van der Waals surface area contributed by atoms with E-state index >= 15 is 0 Å². The Labute approximate surface area is 94.0 Å². The van der Waals surface area contributed by atoms with E-state index in [4.69, 9.17) is 5.73 Å². The number of nitrogens with two attached hydrogens (primary N) is 1. The lowest BCUT2D eigenvalue weighted by atomic mass is 10.1. The first-order valence-electron chi connectivity index (χ1n) is 6.24. The SMILES string of the molecule is CCCN(CCC)C(=O)CCCCCN. The van der Waals surface area contributed by atoms with E-state index in [2.05, 4.69) is 13.8 Å². The van der Waals surface area contributed by atoms with Crippen LogP contribution in [-0.2, 0) is 4.79 Å². The second-order valence-electron chi connectivity index (χ2n) is 3.98. The summed E-state index contributed by atoms with van der Waals surface area (Å²) in [5.41, 5.74) is 5.41. The molecule has 0 aliphatic heterocycles. The zero-order valence-corrected chi connectivity index (χ0v) is 10.3. The number of nitrogens with zero attached hydrogens (tertiary/aromatic N) is 1. The van der Waals surface area contributed by atoms with E-state index < -0.39 is 0 Å². The van der Waals surface area contributed by atoms with Crippen LogP contribution in [0.3, 0.4) is 0 Å². The van der Waals surface area contributed by atoms with Gasteiger partial charge in [0, 0.05) is 19.5 Å². The van der Waals surface area contributed by atoms with Crippen LogP contribution in [0, 0.1) is 0 Å². The van der Waals surface area contributed by atoms with Gasteiger partial charge >= 0.3 is 0 Å². The summed E-state index contributed by atoms with van der Waals surface area (Å²) in [6, 6.07) is 0. The highest BCUT2D eigenvalue weighted by Gasteiger charge is 2.10. The highest BCUT2D eigenvalue weighted by molar-refractivity contribution is 5.76. The molecule has 0 rings (SSSR count). The lowest BCUT2D eigenvalue weighted by molar-refractivity contribution is -0.131. The molecule has 3 nitrogen and oxygen atoms in total. The third-order valence-corrected chi connectivity index (χ3v) is 2.43. The van der Waals surface area contributed by atoms with Gasteiger partial charge in [-0.25, -0.2) is 0 Å². The van der Waals surface area contributed by atoms with Crippen LogP contribution in [0.4, 0.5) is 0 Å². The molecule has 0 saturated heterocycles. The van der Waals surface area contributed by atoms with Crippen molar-refractivity contribution in [2.45, 2.75) is 52.4 Å². The van der Waals surface area contributed by atoms with Crippen LogP contribution in [0.25, 0.3) is 0 Å². The summed E-state index contributed by atoms with van der Waals surface area (Å²) in [5, 5.41) is 0. The van der Waals surface area contributed by atoms with Crippen molar-refractivity contribution in [2.75, 3.05) is 19.6 Å². The molecule has 90 valence electrons. The van der Waals surface area contributed by atoms with E-state index in [1.807, 2.05) is 4.90 Å². The Morgan fingerprint density at radius 1 is 1.07 bits per heavy atom. The first-order valence-corrected chi connectivity index (χ1v) is 6.24. The maximum absolute atomic E-state index is 11.8. The summed E-state index contributed by atoms with van der Waals surface area (Å²) in [6.07, 6.45) is 5.90. The van der Waals surface area contributed by atoms with Gasteiger partial charge in [0.25, 0.3) is 0 Å². The number of amides is 1. The monoisotopic (exact) mass is 214 g/mol. The molecule has 0 heterocycles. The van der Waals surface area contributed by atoms with Crippen molar-refractivity contribution < 1.29 is 4.79 Å². The molecule has 0 aromatic carbocycles. The summed E-state index contributed by atoms with van der Waals surface area (Å²) in [4.78, 5) is 13.8. The normalized spacial score (nSPS) is 10.3. The molecule has 0 fully saturated rings. The van der Waals surface area contributed by atoms with E-state index in [9.17, 15) is 4.79 Å². The van der Waals surface area contributed by atoms with Gasteiger partial charge < -0.3 is 10.6 Å². The largest absolute Gasteiger partial charge is 0.343 e. The predicted octanol–water partition coefficient (Wildman–Crippen LogP) is 2.15. The Morgan fingerprint density at radius 3 is 2.13 bits per heavy atom. The fourth-order valence-corrected chi connectivity index (χ4v) is 1.66. The molecule has 2 N–H and O–H groups in total. The fraction of sp³-hybridized carbons (Fsp3) is 0.917. The van der Waals surface area contributed by atoms with Crippen molar-refractivity contribution >= 4 is 5.91 Å². The molecular weight excluding hydrogens is 188 g/mol. The number of rotatable bonds is 9. The maximum atomic E-state index is 11.8. The van der Waals surface area contributed by atoms with Gasteiger partial charge in [0.15, 0.2) is 0 Å². The summed E-state index contributed by atoms with van der Waals surface area (Å²) in [7, 11) is 0. The second kappa shape index (κ2) is 9.97. The Kier molecular flexibility index (Phi) is 9.59.